The zero-order valence-electron chi connectivity index (χ0n) is 19.5. The van der Waals surface area contributed by atoms with Crippen LogP contribution in [0.25, 0.3) is 11.1 Å². The molecule has 2 aliphatic rings. The third kappa shape index (κ3) is 5.41. The van der Waals surface area contributed by atoms with Gasteiger partial charge in [-0.15, -0.1) is 0 Å². The van der Waals surface area contributed by atoms with Crippen LogP contribution in [0.2, 0.25) is 0 Å². The molecule has 4 rings (SSSR count). The molecule has 0 spiro atoms. The smallest absolute Gasteiger partial charge is 0.407 e. The lowest BCUT2D eigenvalue weighted by Crippen LogP contribution is -2.51. The number of hydrogen-bond donors (Lipinski definition) is 3. The molecular formula is C27H32N2O5. The highest BCUT2D eigenvalue weighted by atomic mass is 16.5. The van der Waals surface area contributed by atoms with Gasteiger partial charge in [0.05, 0.1) is 0 Å². The van der Waals surface area contributed by atoms with Gasteiger partial charge in [-0.1, -0.05) is 80.6 Å². The van der Waals surface area contributed by atoms with Crippen molar-refractivity contribution in [1.29, 1.82) is 0 Å². The molecule has 2 aromatic rings. The van der Waals surface area contributed by atoms with Crippen molar-refractivity contribution < 1.29 is 24.2 Å². The second kappa shape index (κ2) is 10.7. The molecule has 1 unspecified atom stereocenters. The Kier molecular flexibility index (Phi) is 7.50. The molecule has 0 bridgehead atoms. The van der Waals surface area contributed by atoms with Crippen molar-refractivity contribution in [3.05, 3.63) is 59.7 Å². The first-order valence-corrected chi connectivity index (χ1v) is 12.1. The van der Waals surface area contributed by atoms with Crippen LogP contribution in [0.5, 0.6) is 0 Å². The highest BCUT2D eigenvalue weighted by molar-refractivity contribution is 5.89. The number of aliphatic carboxylic acids is 1. The Labute approximate surface area is 199 Å². The van der Waals surface area contributed by atoms with Gasteiger partial charge in [0.2, 0.25) is 5.91 Å². The molecule has 7 nitrogen and oxygen atoms in total. The number of amides is 2. The Morgan fingerprint density at radius 3 is 2.12 bits per heavy atom. The molecule has 7 heteroatoms. The van der Waals surface area contributed by atoms with Gasteiger partial charge in [0.25, 0.3) is 0 Å². The maximum Gasteiger partial charge on any atom is 0.407 e. The number of carboxylic acids is 1. The summed E-state index contributed by atoms with van der Waals surface area (Å²) >= 11 is 0. The predicted molar refractivity (Wildman–Crippen MR) is 128 cm³/mol. The van der Waals surface area contributed by atoms with E-state index >= 15 is 0 Å². The average Bonchev–Trinajstić information content (AvgIpc) is 3.16. The predicted octanol–water partition coefficient (Wildman–Crippen LogP) is 4.45. The van der Waals surface area contributed by atoms with Gasteiger partial charge in [0.1, 0.15) is 18.7 Å². The molecule has 1 saturated carbocycles. The van der Waals surface area contributed by atoms with Crippen molar-refractivity contribution in [2.24, 2.45) is 5.92 Å². The summed E-state index contributed by atoms with van der Waals surface area (Å²) in [4.78, 5) is 36.8. The lowest BCUT2D eigenvalue weighted by atomic mass is 9.84. The van der Waals surface area contributed by atoms with E-state index < -0.39 is 30.1 Å². The highest BCUT2D eigenvalue weighted by Crippen LogP contribution is 2.44. The van der Waals surface area contributed by atoms with Gasteiger partial charge in [-0.25, -0.2) is 4.79 Å². The number of carboxylic acid groups (broad SMARTS) is 1. The molecule has 2 amide bonds. The zero-order chi connectivity index (χ0) is 24.1. The molecule has 0 heterocycles. The van der Waals surface area contributed by atoms with E-state index in [4.69, 9.17) is 9.84 Å². The number of rotatable bonds is 8. The van der Waals surface area contributed by atoms with Crippen LogP contribution >= 0.6 is 0 Å². The van der Waals surface area contributed by atoms with Gasteiger partial charge in [-0.2, -0.15) is 0 Å². The molecule has 34 heavy (non-hydrogen) atoms. The van der Waals surface area contributed by atoms with Gasteiger partial charge in [-0.3, -0.25) is 9.59 Å². The summed E-state index contributed by atoms with van der Waals surface area (Å²) in [6.45, 7) is 1.56. The van der Waals surface area contributed by atoms with Crippen LogP contribution in [0.1, 0.15) is 62.5 Å². The van der Waals surface area contributed by atoms with Crippen molar-refractivity contribution in [3.63, 3.8) is 0 Å². The minimum Gasteiger partial charge on any atom is -0.480 e. The van der Waals surface area contributed by atoms with E-state index in [9.17, 15) is 14.4 Å². The fourth-order valence-corrected chi connectivity index (χ4v) is 5.15. The number of carbonyl (C=O) groups is 3. The average molecular weight is 465 g/mol. The van der Waals surface area contributed by atoms with E-state index in [2.05, 4.69) is 22.8 Å². The van der Waals surface area contributed by atoms with Gasteiger partial charge in [0, 0.05) is 5.92 Å². The second-order valence-electron chi connectivity index (χ2n) is 9.33. The van der Waals surface area contributed by atoms with Crippen molar-refractivity contribution in [1.82, 2.24) is 10.6 Å². The molecule has 3 N–H and O–H groups in total. The van der Waals surface area contributed by atoms with E-state index in [0.29, 0.717) is 12.3 Å². The summed E-state index contributed by atoms with van der Waals surface area (Å²) in [5, 5.41) is 14.4. The van der Waals surface area contributed by atoms with E-state index in [1.807, 2.05) is 36.4 Å². The van der Waals surface area contributed by atoms with E-state index in [1.165, 1.54) is 13.3 Å². The van der Waals surface area contributed by atoms with Gasteiger partial charge in [0.15, 0.2) is 0 Å². The first-order chi connectivity index (χ1) is 16.4. The molecular weight excluding hydrogens is 432 g/mol. The standard InChI is InChI=1S/C27H32N2O5/c1-17(26(31)32)28-25(30)24(15-18-9-3-2-4-10-18)29-27(33)34-16-23-21-13-7-5-11-19(21)20-12-6-8-14-22(20)23/h5-8,11-14,17-18,23-24H,2-4,9-10,15-16H2,1H3,(H,28,30)(H,29,33)(H,31,32)/t17-,24?/m0/s1. The lowest BCUT2D eigenvalue weighted by Gasteiger charge is -2.27. The largest absolute Gasteiger partial charge is 0.480 e. The van der Waals surface area contributed by atoms with Crippen LogP contribution in [-0.2, 0) is 14.3 Å². The highest BCUT2D eigenvalue weighted by Gasteiger charge is 2.31. The van der Waals surface area contributed by atoms with E-state index in [0.717, 1.165) is 47.9 Å². The number of benzene rings is 2. The Balaban J connectivity index is 1.42. The number of nitrogens with one attached hydrogen (secondary N) is 2. The van der Waals surface area contributed by atoms with Gasteiger partial charge in [-0.05, 0) is 41.5 Å². The van der Waals surface area contributed by atoms with Crippen LogP contribution < -0.4 is 10.6 Å². The molecule has 0 aliphatic heterocycles. The maximum atomic E-state index is 12.8. The van der Waals surface area contributed by atoms with Crippen LogP contribution in [0.3, 0.4) is 0 Å². The Bertz CT molecular complexity index is 1000. The minimum atomic E-state index is -1.12. The van der Waals surface area contributed by atoms with Crippen molar-refractivity contribution in [2.75, 3.05) is 6.61 Å². The van der Waals surface area contributed by atoms with Crippen LogP contribution in [0, 0.1) is 5.92 Å². The van der Waals surface area contributed by atoms with Crippen molar-refractivity contribution in [2.45, 2.75) is 63.5 Å². The molecule has 0 radical (unpaired) electrons. The summed E-state index contributed by atoms with van der Waals surface area (Å²) < 4.78 is 5.62. The quantitative estimate of drug-likeness (QED) is 0.535. The van der Waals surface area contributed by atoms with Gasteiger partial charge >= 0.3 is 12.1 Å². The fraction of sp³-hybridized carbons (Fsp3) is 0.444. The Morgan fingerprint density at radius 1 is 0.941 bits per heavy atom. The van der Waals surface area contributed by atoms with Crippen LogP contribution in [0.4, 0.5) is 4.79 Å². The topological polar surface area (TPSA) is 105 Å². The van der Waals surface area contributed by atoms with Crippen molar-refractivity contribution >= 4 is 18.0 Å². The SMILES string of the molecule is C[C@H](NC(=O)C(CC1CCCCC1)NC(=O)OCC1c2ccccc2-c2ccccc21)C(=O)O. The molecule has 0 saturated heterocycles. The molecule has 2 aliphatic carbocycles. The normalized spacial score (nSPS) is 17.2. The number of alkyl carbamates (subject to hydrolysis) is 1. The van der Waals surface area contributed by atoms with Crippen LogP contribution in [0.15, 0.2) is 48.5 Å². The molecule has 0 aromatic heterocycles. The summed E-state index contributed by atoms with van der Waals surface area (Å²) in [6.07, 6.45) is 5.21. The monoisotopic (exact) mass is 464 g/mol. The first kappa shape index (κ1) is 23.8. The fourth-order valence-electron chi connectivity index (χ4n) is 5.15. The Morgan fingerprint density at radius 2 is 1.53 bits per heavy atom. The van der Waals surface area contributed by atoms with Gasteiger partial charge < -0.3 is 20.5 Å². The number of ether oxygens (including phenoxy) is 1. The van der Waals surface area contributed by atoms with Crippen molar-refractivity contribution in [3.8, 4) is 11.1 Å². The summed E-state index contributed by atoms with van der Waals surface area (Å²) in [7, 11) is 0. The first-order valence-electron chi connectivity index (χ1n) is 12.1. The molecule has 1 fully saturated rings. The summed E-state index contributed by atoms with van der Waals surface area (Å²) in [6, 6.07) is 14.3. The Hall–Kier alpha value is -3.35. The molecule has 180 valence electrons. The minimum absolute atomic E-state index is 0.0733. The molecule has 2 aromatic carbocycles. The number of hydrogen-bond acceptors (Lipinski definition) is 4. The van der Waals surface area contributed by atoms with Crippen LogP contribution in [-0.4, -0.2) is 41.8 Å². The van der Waals surface area contributed by atoms with E-state index in [1.54, 1.807) is 0 Å². The third-order valence-corrected chi connectivity index (χ3v) is 6.98. The number of carbonyl (C=O) groups excluding carboxylic acids is 2. The molecule has 2 atom stereocenters. The summed E-state index contributed by atoms with van der Waals surface area (Å²) in [5.41, 5.74) is 4.51. The van der Waals surface area contributed by atoms with E-state index in [-0.39, 0.29) is 12.5 Å². The lowest BCUT2D eigenvalue weighted by molar-refractivity contribution is -0.141. The maximum absolute atomic E-state index is 12.8. The zero-order valence-corrected chi connectivity index (χ0v) is 19.5. The number of fused-ring (bicyclic) bond motifs is 3. The third-order valence-electron chi connectivity index (χ3n) is 6.98. The second-order valence-corrected chi connectivity index (χ2v) is 9.33. The summed E-state index contributed by atoms with van der Waals surface area (Å²) in [5.74, 6) is -1.37.